The van der Waals surface area contributed by atoms with E-state index < -0.39 is 0 Å². The van der Waals surface area contributed by atoms with Gasteiger partial charge in [-0.1, -0.05) is 48.6 Å². The monoisotopic (exact) mass is 200 g/mol. The highest BCUT2D eigenvalue weighted by Gasteiger charge is 1.92. The minimum absolute atomic E-state index is 0.865. The molecule has 0 bridgehead atoms. The lowest BCUT2D eigenvalue weighted by Gasteiger charge is -2.00. The standard InChI is InChI=1S/C11H12.C4H8/c1-3-7-10(2)11-8-5-4-6-9-11;1-4(2)3/h3-6,8-9H,1-2,7H2;1H2,2-3H3. The molecule has 0 heteroatoms. The van der Waals surface area contributed by atoms with Gasteiger partial charge in [0.1, 0.15) is 0 Å². The van der Waals surface area contributed by atoms with E-state index in [2.05, 4.69) is 31.9 Å². The number of allylic oxidation sites excluding steroid dienone is 3. The molecule has 0 radical (unpaired) electrons. The minimum Gasteiger partial charge on any atom is -0.103 e. The fraction of sp³-hybridized carbons (Fsp3) is 0.200. The summed E-state index contributed by atoms with van der Waals surface area (Å²) in [6, 6.07) is 10.2. The average molecular weight is 200 g/mol. The fourth-order valence-corrected chi connectivity index (χ4v) is 0.966. The molecule has 15 heavy (non-hydrogen) atoms. The molecule has 0 spiro atoms. The first kappa shape index (κ1) is 13.4. The Kier molecular flexibility index (Phi) is 7.00. The number of benzene rings is 1. The van der Waals surface area contributed by atoms with Crippen LogP contribution in [-0.2, 0) is 0 Å². The van der Waals surface area contributed by atoms with Crippen LogP contribution in [0.5, 0.6) is 0 Å². The quantitative estimate of drug-likeness (QED) is 0.611. The zero-order valence-electron chi connectivity index (χ0n) is 9.79. The number of hydrogen-bond acceptors (Lipinski definition) is 0. The zero-order valence-corrected chi connectivity index (χ0v) is 9.79. The van der Waals surface area contributed by atoms with Crippen molar-refractivity contribution in [2.24, 2.45) is 0 Å². The molecule has 0 unspecified atom stereocenters. The lowest BCUT2D eigenvalue weighted by molar-refractivity contribution is 1.41. The van der Waals surface area contributed by atoms with Crippen molar-refractivity contribution >= 4 is 5.57 Å². The predicted octanol–water partition coefficient (Wildman–Crippen LogP) is 4.86. The summed E-state index contributed by atoms with van der Waals surface area (Å²) in [5.41, 5.74) is 3.49. The van der Waals surface area contributed by atoms with Crippen molar-refractivity contribution in [2.75, 3.05) is 0 Å². The molecule has 0 heterocycles. The highest BCUT2D eigenvalue weighted by Crippen LogP contribution is 2.14. The van der Waals surface area contributed by atoms with Crippen molar-refractivity contribution in [1.82, 2.24) is 0 Å². The van der Waals surface area contributed by atoms with E-state index in [1.807, 2.05) is 38.1 Å². The van der Waals surface area contributed by atoms with Crippen molar-refractivity contribution in [3.63, 3.8) is 0 Å². The molecule has 1 aromatic carbocycles. The molecule has 0 aliphatic rings. The largest absolute Gasteiger partial charge is 0.103 e. The van der Waals surface area contributed by atoms with E-state index in [9.17, 15) is 0 Å². The second-order valence-corrected chi connectivity index (χ2v) is 3.67. The predicted molar refractivity (Wildman–Crippen MR) is 70.8 cm³/mol. The topological polar surface area (TPSA) is 0 Å². The van der Waals surface area contributed by atoms with Crippen molar-refractivity contribution in [3.05, 3.63) is 67.3 Å². The molecular weight excluding hydrogens is 180 g/mol. The molecular formula is C15H20. The van der Waals surface area contributed by atoms with Crippen molar-refractivity contribution in [3.8, 4) is 0 Å². The van der Waals surface area contributed by atoms with Gasteiger partial charge in [0, 0.05) is 0 Å². The Morgan fingerprint density at radius 1 is 1.13 bits per heavy atom. The van der Waals surface area contributed by atoms with Gasteiger partial charge in [0.2, 0.25) is 0 Å². The maximum Gasteiger partial charge on any atom is -0.0100 e. The molecule has 80 valence electrons. The van der Waals surface area contributed by atoms with Crippen molar-refractivity contribution in [2.45, 2.75) is 20.3 Å². The Morgan fingerprint density at radius 3 is 2.00 bits per heavy atom. The molecule has 0 atom stereocenters. The first-order chi connectivity index (χ1) is 7.07. The van der Waals surface area contributed by atoms with Crippen LogP contribution in [-0.4, -0.2) is 0 Å². The summed E-state index contributed by atoms with van der Waals surface area (Å²) in [4.78, 5) is 0. The van der Waals surface area contributed by atoms with Crippen LogP contribution in [0.3, 0.4) is 0 Å². The van der Waals surface area contributed by atoms with Gasteiger partial charge in [0.05, 0.1) is 0 Å². The molecule has 0 N–H and O–H groups in total. The molecule has 0 fully saturated rings. The molecule has 0 aromatic heterocycles. The molecule has 1 aromatic rings. The van der Waals surface area contributed by atoms with Gasteiger partial charge in [-0.25, -0.2) is 0 Å². The van der Waals surface area contributed by atoms with Crippen LogP contribution < -0.4 is 0 Å². The van der Waals surface area contributed by atoms with Crippen LogP contribution in [0.4, 0.5) is 0 Å². The summed E-state index contributed by atoms with van der Waals surface area (Å²) < 4.78 is 0. The molecule has 1 rings (SSSR count). The van der Waals surface area contributed by atoms with Gasteiger partial charge in [-0.3, -0.25) is 0 Å². The second kappa shape index (κ2) is 7.81. The van der Waals surface area contributed by atoms with Crippen LogP contribution >= 0.6 is 0 Å². The highest BCUT2D eigenvalue weighted by molar-refractivity contribution is 5.64. The van der Waals surface area contributed by atoms with Crippen LogP contribution in [0, 0.1) is 0 Å². The van der Waals surface area contributed by atoms with Gasteiger partial charge in [-0.2, -0.15) is 0 Å². The van der Waals surface area contributed by atoms with Crippen LogP contribution in [0.15, 0.2) is 61.7 Å². The molecule has 0 nitrogen and oxygen atoms in total. The van der Waals surface area contributed by atoms with Crippen LogP contribution in [0.1, 0.15) is 25.8 Å². The number of rotatable bonds is 3. The Morgan fingerprint density at radius 2 is 1.60 bits per heavy atom. The molecule has 0 aliphatic carbocycles. The summed E-state index contributed by atoms with van der Waals surface area (Å²) in [5, 5.41) is 0. The van der Waals surface area contributed by atoms with E-state index in [-0.39, 0.29) is 0 Å². The van der Waals surface area contributed by atoms with Crippen LogP contribution in [0.2, 0.25) is 0 Å². The van der Waals surface area contributed by atoms with Gasteiger partial charge in [-0.15, -0.1) is 13.2 Å². The lowest BCUT2D eigenvalue weighted by atomic mass is 10.1. The maximum absolute atomic E-state index is 3.94. The third-order valence-electron chi connectivity index (χ3n) is 1.57. The molecule has 0 aliphatic heterocycles. The summed E-state index contributed by atoms with van der Waals surface area (Å²) in [7, 11) is 0. The number of hydrogen-bond donors (Lipinski definition) is 0. The van der Waals surface area contributed by atoms with Gasteiger partial charge in [-0.05, 0) is 31.4 Å². The Labute approximate surface area is 93.7 Å². The Bertz CT molecular complexity index is 313. The Balaban J connectivity index is 0.000000423. The molecule has 0 saturated heterocycles. The second-order valence-electron chi connectivity index (χ2n) is 3.67. The summed E-state index contributed by atoms with van der Waals surface area (Å²) in [6.45, 7) is 15.1. The first-order valence-electron chi connectivity index (χ1n) is 5.04. The third kappa shape index (κ3) is 7.51. The Hall–Kier alpha value is -1.56. The summed E-state index contributed by atoms with van der Waals surface area (Å²) in [5.74, 6) is 0. The zero-order chi connectivity index (χ0) is 11.7. The lowest BCUT2D eigenvalue weighted by Crippen LogP contribution is -1.78. The third-order valence-corrected chi connectivity index (χ3v) is 1.57. The van der Waals surface area contributed by atoms with Gasteiger partial charge >= 0.3 is 0 Å². The highest BCUT2D eigenvalue weighted by atomic mass is 14.0. The van der Waals surface area contributed by atoms with E-state index in [1.54, 1.807) is 0 Å². The van der Waals surface area contributed by atoms with Crippen molar-refractivity contribution < 1.29 is 0 Å². The summed E-state index contributed by atoms with van der Waals surface area (Å²) in [6.07, 6.45) is 2.74. The average Bonchev–Trinajstić information content (AvgIpc) is 2.19. The SMILES string of the molecule is C=C(C)C.C=CCC(=C)c1ccccc1. The fourth-order valence-electron chi connectivity index (χ4n) is 0.966. The van der Waals surface area contributed by atoms with Crippen molar-refractivity contribution in [1.29, 1.82) is 0 Å². The van der Waals surface area contributed by atoms with E-state index >= 15 is 0 Å². The minimum atomic E-state index is 0.865. The normalized spacial score (nSPS) is 8.40. The van der Waals surface area contributed by atoms with Gasteiger partial charge in [0.15, 0.2) is 0 Å². The first-order valence-corrected chi connectivity index (χ1v) is 5.04. The molecule has 0 saturated carbocycles. The van der Waals surface area contributed by atoms with Gasteiger partial charge < -0.3 is 0 Å². The maximum atomic E-state index is 3.94. The molecule has 0 amide bonds. The smallest absolute Gasteiger partial charge is 0.0100 e. The van der Waals surface area contributed by atoms with E-state index in [1.165, 1.54) is 11.1 Å². The van der Waals surface area contributed by atoms with Gasteiger partial charge in [0.25, 0.3) is 0 Å². The van der Waals surface area contributed by atoms with E-state index in [0.717, 1.165) is 12.0 Å². The summed E-state index contributed by atoms with van der Waals surface area (Å²) >= 11 is 0. The van der Waals surface area contributed by atoms with Crippen LogP contribution in [0.25, 0.3) is 5.57 Å². The van der Waals surface area contributed by atoms with E-state index in [4.69, 9.17) is 0 Å². The van der Waals surface area contributed by atoms with E-state index in [0.29, 0.717) is 0 Å².